The fraction of sp³-hybridized carbons (Fsp3) is 0.312. The molecule has 122 valence electrons. The number of hydrogen-bond donors (Lipinski definition) is 0. The minimum atomic E-state index is -0.218. The Kier molecular flexibility index (Phi) is 3.68. The van der Waals surface area contributed by atoms with Gasteiger partial charge in [-0.15, -0.1) is 0 Å². The molecule has 0 radical (unpaired) electrons. The number of aromatic nitrogens is 2. The van der Waals surface area contributed by atoms with E-state index in [1.54, 1.807) is 35.5 Å². The summed E-state index contributed by atoms with van der Waals surface area (Å²) in [5.74, 6) is -0.0748. The summed E-state index contributed by atoms with van der Waals surface area (Å²) < 4.78 is 0. The van der Waals surface area contributed by atoms with Crippen molar-refractivity contribution in [1.29, 1.82) is 0 Å². The number of hydrogen-bond acceptors (Lipinski definition) is 6. The first kappa shape index (κ1) is 15.1. The first-order valence-corrected chi connectivity index (χ1v) is 8.61. The molecule has 8 heteroatoms. The van der Waals surface area contributed by atoms with Crippen molar-refractivity contribution in [1.82, 2.24) is 19.8 Å². The fourth-order valence-electron chi connectivity index (χ4n) is 3.13. The van der Waals surface area contributed by atoms with Crippen LogP contribution in [0.25, 0.3) is 11.0 Å². The number of amides is 3. The number of carbonyl (C=O) groups is 3. The summed E-state index contributed by atoms with van der Waals surface area (Å²) in [6.07, 6.45) is 3.82. The van der Waals surface area contributed by atoms with Crippen LogP contribution in [0.2, 0.25) is 0 Å². The van der Waals surface area contributed by atoms with Crippen LogP contribution in [-0.4, -0.2) is 61.7 Å². The maximum absolute atomic E-state index is 12.7. The molecule has 2 fully saturated rings. The van der Waals surface area contributed by atoms with Crippen LogP contribution in [0.3, 0.4) is 0 Å². The predicted molar refractivity (Wildman–Crippen MR) is 88.5 cm³/mol. The number of imide groups is 1. The minimum absolute atomic E-state index is 0.114. The van der Waals surface area contributed by atoms with Crippen LogP contribution in [0.15, 0.2) is 30.6 Å². The summed E-state index contributed by atoms with van der Waals surface area (Å²) in [5.41, 5.74) is 1.94. The van der Waals surface area contributed by atoms with Crippen molar-refractivity contribution in [3.05, 3.63) is 36.2 Å². The number of carbonyl (C=O) groups excluding carboxylic acids is 3. The first-order valence-electron chi connectivity index (χ1n) is 7.62. The standard InChI is InChI=1S/C16H14N4O3S/c21-14-9-24-16(23)20(14)11-3-6-19(8-11)15(22)10-1-2-12-13(7-10)18-5-4-17-12/h1-2,4-5,7,11H,3,6,8-9H2. The van der Waals surface area contributed by atoms with Crippen molar-refractivity contribution in [2.24, 2.45) is 0 Å². The van der Waals surface area contributed by atoms with E-state index in [2.05, 4.69) is 9.97 Å². The molecule has 0 aliphatic carbocycles. The quantitative estimate of drug-likeness (QED) is 0.823. The van der Waals surface area contributed by atoms with E-state index in [1.165, 1.54) is 4.90 Å². The lowest BCUT2D eigenvalue weighted by Crippen LogP contribution is -2.41. The molecular weight excluding hydrogens is 328 g/mol. The molecular formula is C16H14N4O3S. The summed E-state index contributed by atoms with van der Waals surface area (Å²) in [7, 11) is 0. The van der Waals surface area contributed by atoms with Crippen LogP contribution in [-0.2, 0) is 4.79 Å². The summed E-state index contributed by atoms with van der Waals surface area (Å²) in [5, 5.41) is -0.208. The van der Waals surface area contributed by atoms with Gasteiger partial charge in [-0.2, -0.15) is 0 Å². The van der Waals surface area contributed by atoms with E-state index >= 15 is 0 Å². The first-order chi connectivity index (χ1) is 11.6. The summed E-state index contributed by atoms with van der Waals surface area (Å²) >= 11 is 1.03. The largest absolute Gasteiger partial charge is 0.336 e. The lowest BCUT2D eigenvalue weighted by atomic mass is 10.1. The van der Waals surface area contributed by atoms with E-state index in [0.717, 1.165) is 17.3 Å². The molecule has 0 bridgehead atoms. The zero-order valence-corrected chi connectivity index (χ0v) is 13.5. The lowest BCUT2D eigenvalue weighted by molar-refractivity contribution is -0.126. The van der Waals surface area contributed by atoms with Crippen LogP contribution in [0.4, 0.5) is 4.79 Å². The highest BCUT2D eigenvalue weighted by atomic mass is 32.2. The monoisotopic (exact) mass is 342 g/mol. The Hall–Kier alpha value is -2.48. The molecule has 2 aliphatic rings. The second-order valence-electron chi connectivity index (χ2n) is 5.77. The Labute approximate surface area is 142 Å². The Morgan fingerprint density at radius 2 is 1.96 bits per heavy atom. The van der Waals surface area contributed by atoms with Crippen molar-refractivity contribution in [2.45, 2.75) is 12.5 Å². The SMILES string of the molecule is O=C(c1ccc2nccnc2c1)N1CCC(N2C(=O)CSC2=O)C1. The Balaban J connectivity index is 1.52. The third kappa shape index (κ3) is 2.52. The van der Waals surface area contributed by atoms with Gasteiger partial charge in [0.25, 0.3) is 11.1 Å². The molecule has 0 N–H and O–H groups in total. The zero-order chi connectivity index (χ0) is 16.7. The molecule has 2 aromatic rings. The molecule has 1 atom stereocenters. The van der Waals surface area contributed by atoms with Gasteiger partial charge in [0.15, 0.2) is 0 Å². The van der Waals surface area contributed by atoms with Crippen LogP contribution in [0.1, 0.15) is 16.8 Å². The summed E-state index contributed by atoms with van der Waals surface area (Å²) in [6.45, 7) is 0.916. The van der Waals surface area contributed by atoms with E-state index in [0.29, 0.717) is 30.6 Å². The van der Waals surface area contributed by atoms with Gasteiger partial charge in [0.1, 0.15) is 0 Å². The van der Waals surface area contributed by atoms with Gasteiger partial charge in [0.05, 0.1) is 22.8 Å². The average Bonchev–Trinajstić information content (AvgIpc) is 3.20. The Morgan fingerprint density at radius 3 is 2.71 bits per heavy atom. The number of nitrogens with zero attached hydrogens (tertiary/aromatic N) is 4. The number of benzene rings is 1. The number of rotatable bonds is 2. The molecule has 3 heterocycles. The second kappa shape index (κ2) is 5.86. The smallest absolute Gasteiger partial charge is 0.289 e. The fourth-order valence-corrected chi connectivity index (χ4v) is 3.91. The van der Waals surface area contributed by atoms with E-state index < -0.39 is 0 Å². The van der Waals surface area contributed by atoms with Gasteiger partial charge in [-0.25, -0.2) is 0 Å². The van der Waals surface area contributed by atoms with Crippen LogP contribution < -0.4 is 0 Å². The molecule has 1 aromatic heterocycles. The Morgan fingerprint density at radius 1 is 1.17 bits per heavy atom. The van der Waals surface area contributed by atoms with Crippen molar-refractivity contribution in [3.63, 3.8) is 0 Å². The van der Waals surface area contributed by atoms with Gasteiger partial charge in [-0.1, -0.05) is 11.8 Å². The van der Waals surface area contributed by atoms with E-state index in [4.69, 9.17) is 0 Å². The molecule has 2 aliphatic heterocycles. The highest BCUT2D eigenvalue weighted by Gasteiger charge is 2.40. The van der Waals surface area contributed by atoms with Gasteiger partial charge in [-0.05, 0) is 24.6 Å². The highest BCUT2D eigenvalue weighted by Crippen LogP contribution is 2.27. The molecule has 24 heavy (non-hydrogen) atoms. The zero-order valence-electron chi connectivity index (χ0n) is 12.7. The molecule has 1 aromatic carbocycles. The minimum Gasteiger partial charge on any atom is -0.336 e. The Bertz CT molecular complexity index is 840. The van der Waals surface area contributed by atoms with Gasteiger partial charge in [-0.3, -0.25) is 29.3 Å². The van der Waals surface area contributed by atoms with Gasteiger partial charge in [0.2, 0.25) is 5.91 Å². The van der Waals surface area contributed by atoms with Gasteiger partial charge < -0.3 is 4.90 Å². The van der Waals surface area contributed by atoms with Gasteiger partial charge in [0, 0.05) is 31.0 Å². The predicted octanol–water partition coefficient (Wildman–Crippen LogP) is 1.54. The third-order valence-corrected chi connectivity index (χ3v) is 5.15. The van der Waals surface area contributed by atoms with Crippen molar-refractivity contribution < 1.29 is 14.4 Å². The summed E-state index contributed by atoms with van der Waals surface area (Å²) in [6, 6.07) is 5.01. The molecule has 4 rings (SSSR count). The van der Waals surface area contributed by atoms with Crippen LogP contribution in [0.5, 0.6) is 0 Å². The molecule has 0 saturated carbocycles. The maximum atomic E-state index is 12.7. The topological polar surface area (TPSA) is 83.5 Å². The summed E-state index contributed by atoms with van der Waals surface area (Å²) in [4.78, 5) is 47.7. The highest BCUT2D eigenvalue weighted by molar-refractivity contribution is 8.14. The second-order valence-corrected chi connectivity index (χ2v) is 6.70. The molecule has 2 saturated heterocycles. The average molecular weight is 342 g/mol. The van der Waals surface area contributed by atoms with E-state index in [-0.39, 0.29) is 28.8 Å². The van der Waals surface area contributed by atoms with Crippen molar-refractivity contribution in [2.75, 3.05) is 18.8 Å². The molecule has 3 amide bonds. The van der Waals surface area contributed by atoms with Crippen molar-refractivity contribution in [3.8, 4) is 0 Å². The molecule has 0 spiro atoms. The van der Waals surface area contributed by atoms with E-state index in [1.807, 2.05) is 0 Å². The van der Waals surface area contributed by atoms with Crippen LogP contribution in [0, 0.1) is 0 Å². The molecule has 1 unspecified atom stereocenters. The van der Waals surface area contributed by atoms with Crippen molar-refractivity contribution >= 4 is 39.8 Å². The maximum Gasteiger partial charge on any atom is 0.289 e. The van der Waals surface area contributed by atoms with Gasteiger partial charge >= 0.3 is 0 Å². The van der Waals surface area contributed by atoms with Crippen LogP contribution >= 0.6 is 11.8 Å². The molecule has 7 nitrogen and oxygen atoms in total. The third-order valence-electron chi connectivity index (χ3n) is 4.32. The number of thioether (sulfide) groups is 1. The van der Waals surface area contributed by atoms with E-state index in [9.17, 15) is 14.4 Å². The lowest BCUT2D eigenvalue weighted by Gasteiger charge is -2.22. The number of fused-ring (bicyclic) bond motifs is 1. The number of likely N-dealkylation sites (tertiary alicyclic amines) is 1. The normalized spacial score (nSPS) is 21.1.